The number of hydrogen-bond acceptors (Lipinski definition) is 5. The summed E-state index contributed by atoms with van der Waals surface area (Å²) in [5.41, 5.74) is 14.0. The van der Waals surface area contributed by atoms with Crippen LogP contribution >= 0.6 is 0 Å². The zero-order valence-corrected chi connectivity index (χ0v) is 21.5. The van der Waals surface area contributed by atoms with Gasteiger partial charge in [-0.25, -0.2) is 4.98 Å². The van der Waals surface area contributed by atoms with Crippen LogP contribution < -0.4 is 15.5 Å². The highest BCUT2D eigenvalue weighted by Crippen LogP contribution is 2.41. The van der Waals surface area contributed by atoms with Crippen molar-refractivity contribution >= 4 is 45.0 Å². The molecule has 0 saturated carbocycles. The SMILES string of the molecule is Cc1c(-c2cnc(C(N)=O)c3[nH]c4ccc(N5CCOCC5)cc4c23)cccc1N1Cc2ccccc2C1=O. The predicted molar refractivity (Wildman–Crippen MR) is 152 cm³/mol. The molecule has 39 heavy (non-hydrogen) atoms. The number of fused-ring (bicyclic) bond motifs is 4. The molecule has 2 amide bonds. The highest BCUT2D eigenvalue weighted by Gasteiger charge is 2.30. The number of primary amides is 1. The van der Waals surface area contributed by atoms with Crippen LogP contribution in [0.15, 0.2) is 66.9 Å². The molecule has 2 aromatic heterocycles. The van der Waals surface area contributed by atoms with E-state index in [-0.39, 0.29) is 11.6 Å². The van der Waals surface area contributed by atoms with Crippen LogP contribution in [-0.4, -0.2) is 48.1 Å². The summed E-state index contributed by atoms with van der Waals surface area (Å²) in [6, 6.07) is 20.0. The highest BCUT2D eigenvalue weighted by atomic mass is 16.5. The van der Waals surface area contributed by atoms with Gasteiger partial charge in [0, 0.05) is 58.1 Å². The third-order valence-electron chi connectivity index (χ3n) is 7.93. The van der Waals surface area contributed by atoms with E-state index < -0.39 is 5.91 Å². The van der Waals surface area contributed by atoms with Gasteiger partial charge >= 0.3 is 0 Å². The molecule has 194 valence electrons. The van der Waals surface area contributed by atoms with Crippen molar-refractivity contribution in [1.29, 1.82) is 0 Å². The lowest BCUT2D eigenvalue weighted by Crippen LogP contribution is -2.36. The van der Waals surface area contributed by atoms with Crippen LogP contribution in [0.1, 0.15) is 32.0 Å². The summed E-state index contributed by atoms with van der Waals surface area (Å²) in [7, 11) is 0. The molecule has 1 fully saturated rings. The fourth-order valence-corrected chi connectivity index (χ4v) is 5.96. The maximum absolute atomic E-state index is 13.3. The molecule has 0 atom stereocenters. The van der Waals surface area contributed by atoms with Crippen LogP contribution in [-0.2, 0) is 11.3 Å². The van der Waals surface area contributed by atoms with Crippen LogP contribution in [0.3, 0.4) is 0 Å². The number of hydrogen-bond donors (Lipinski definition) is 2. The van der Waals surface area contributed by atoms with Crippen molar-refractivity contribution in [3.8, 4) is 11.1 Å². The number of aromatic amines is 1. The first-order valence-electron chi connectivity index (χ1n) is 13.1. The largest absolute Gasteiger partial charge is 0.378 e. The minimum atomic E-state index is -0.586. The second-order valence-electron chi connectivity index (χ2n) is 10.1. The predicted octanol–water partition coefficient (Wildman–Crippen LogP) is 4.79. The summed E-state index contributed by atoms with van der Waals surface area (Å²) in [4.78, 5) is 37.7. The Hall–Kier alpha value is -4.69. The van der Waals surface area contributed by atoms with Crippen molar-refractivity contribution in [2.24, 2.45) is 5.73 Å². The third kappa shape index (κ3) is 3.67. The standard InChI is InChI=1S/C31H27N5O3/c1-18-21(7-4-8-26(18)36-17-19-5-2-3-6-22(19)31(36)38)24-16-33-29(30(32)37)28-27(24)23-15-20(9-10-25(23)34-28)35-11-13-39-14-12-35/h2-10,15-16,34H,11-14,17H2,1H3,(H2,32,37). The van der Waals surface area contributed by atoms with E-state index in [0.717, 1.165) is 68.6 Å². The average molecular weight is 518 g/mol. The maximum atomic E-state index is 13.3. The lowest BCUT2D eigenvalue weighted by Gasteiger charge is -2.28. The molecule has 3 N–H and O–H groups in total. The lowest BCUT2D eigenvalue weighted by molar-refractivity contribution is 0.0988. The second kappa shape index (κ2) is 8.96. The highest BCUT2D eigenvalue weighted by molar-refractivity contribution is 6.20. The minimum Gasteiger partial charge on any atom is -0.378 e. The maximum Gasteiger partial charge on any atom is 0.269 e. The molecule has 1 saturated heterocycles. The number of rotatable bonds is 4. The van der Waals surface area contributed by atoms with E-state index in [0.29, 0.717) is 25.3 Å². The third-order valence-corrected chi connectivity index (χ3v) is 7.93. The van der Waals surface area contributed by atoms with E-state index in [4.69, 9.17) is 10.5 Å². The first-order chi connectivity index (χ1) is 19.0. The van der Waals surface area contributed by atoms with Crippen molar-refractivity contribution in [1.82, 2.24) is 9.97 Å². The van der Waals surface area contributed by atoms with Gasteiger partial charge in [-0.2, -0.15) is 0 Å². The summed E-state index contributed by atoms with van der Waals surface area (Å²) >= 11 is 0. The number of pyridine rings is 1. The van der Waals surface area contributed by atoms with Gasteiger partial charge in [-0.3, -0.25) is 9.59 Å². The van der Waals surface area contributed by atoms with Gasteiger partial charge < -0.3 is 25.3 Å². The Bertz CT molecular complexity index is 1800. The number of nitrogens with one attached hydrogen (secondary N) is 1. The molecule has 0 spiro atoms. The Morgan fingerprint density at radius 2 is 1.79 bits per heavy atom. The molecule has 0 bridgehead atoms. The van der Waals surface area contributed by atoms with Gasteiger partial charge in [-0.1, -0.05) is 30.3 Å². The number of amides is 2. The quantitative estimate of drug-likeness (QED) is 0.357. The van der Waals surface area contributed by atoms with E-state index in [9.17, 15) is 9.59 Å². The van der Waals surface area contributed by atoms with Gasteiger partial charge in [0.2, 0.25) is 0 Å². The number of ether oxygens (including phenoxy) is 1. The molecule has 7 rings (SSSR count). The van der Waals surface area contributed by atoms with Crippen molar-refractivity contribution in [3.05, 3.63) is 89.2 Å². The van der Waals surface area contributed by atoms with Crippen molar-refractivity contribution in [3.63, 3.8) is 0 Å². The van der Waals surface area contributed by atoms with Crippen molar-refractivity contribution in [2.75, 3.05) is 36.1 Å². The fourth-order valence-electron chi connectivity index (χ4n) is 5.96. The molecule has 2 aliphatic heterocycles. The molecular weight excluding hydrogens is 490 g/mol. The summed E-state index contributed by atoms with van der Waals surface area (Å²) in [5.74, 6) is -0.585. The molecule has 3 aromatic carbocycles. The number of anilines is 2. The van der Waals surface area contributed by atoms with Crippen molar-refractivity contribution < 1.29 is 14.3 Å². The Kier molecular flexibility index (Phi) is 5.38. The van der Waals surface area contributed by atoms with Crippen molar-refractivity contribution in [2.45, 2.75) is 13.5 Å². The zero-order chi connectivity index (χ0) is 26.7. The molecule has 4 heterocycles. The molecule has 8 heteroatoms. The molecule has 2 aliphatic rings. The molecule has 0 aliphatic carbocycles. The van der Waals surface area contributed by atoms with Gasteiger partial charge in [0.1, 0.15) is 0 Å². The van der Waals surface area contributed by atoms with Gasteiger partial charge in [0.05, 0.1) is 25.3 Å². The Labute approximate surface area is 225 Å². The molecule has 0 unspecified atom stereocenters. The monoisotopic (exact) mass is 517 g/mol. The van der Waals surface area contributed by atoms with Crippen LogP contribution in [0.4, 0.5) is 11.4 Å². The zero-order valence-electron chi connectivity index (χ0n) is 21.5. The van der Waals surface area contributed by atoms with E-state index >= 15 is 0 Å². The number of nitrogens with two attached hydrogens (primary N) is 1. The Balaban J connectivity index is 1.42. The van der Waals surface area contributed by atoms with Crippen LogP contribution in [0.5, 0.6) is 0 Å². The number of aromatic nitrogens is 2. The average Bonchev–Trinajstić information content (AvgIpc) is 3.51. The van der Waals surface area contributed by atoms with Crippen LogP contribution in [0.2, 0.25) is 0 Å². The molecule has 0 radical (unpaired) electrons. The molecule has 8 nitrogen and oxygen atoms in total. The van der Waals surface area contributed by atoms with Crippen LogP contribution in [0, 0.1) is 6.92 Å². The van der Waals surface area contributed by atoms with Gasteiger partial charge in [0.15, 0.2) is 5.69 Å². The topological polar surface area (TPSA) is 105 Å². The Morgan fingerprint density at radius 3 is 2.59 bits per heavy atom. The summed E-state index contributed by atoms with van der Waals surface area (Å²) in [6.45, 7) is 5.59. The smallest absolute Gasteiger partial charge is 0.269 e. The van der Waals surface area contributed by atoms with Gasteiger partial charge in [0.25, 0.3) is 11.8 Å². The van der Waals surface area contributed by atoms with Gasteiger partial charge in [-0.05, 0) is 53.9 Å². The van der Waals surface area contributed by atoms with E-state index in [1.807, 2.05) is 60.4 Å². The number of benzene rings is 3. The minimum absolute atomic E-state index is 0.000412. The lowest BCUT2D eigenvalue weighted by atomic mass is 9.95. The van der Waals surface area contributed by atoms with E-state index in [1.54, 1.807) is 6.20 Å². The second-order valence-corrected chi connectivity index (χ2v) is 10.1. The van der Waals surface area contributed by atoms with Gasteiger partial charge in [-0.15, -0.1) is 0 Å². The normalized spacial score (nSPS) is 15.4. The number of H-pyrrole nitrogens is 1. The number of carbonyl (C=O) groups excluding carboxylic acids is 2. The fraction of sp³-hybridized carbons (Fsp3) is 0.194. The van der Waals surface area contributed by atoms with E-state index in [1.165, 1.54) is 0 Å². The Morgan fingerprint density at radius 1 is 1.00 bits per heavy atom. The first kappa shape index (κ1) is 23.4. The summed E-state index contributed by atoms with van der Waals surface area (Å²) < 4.78 is 5.54. The number of morpholine rings is 1. The summed E-state index contributed by atoms with van der Waals surface area (Å²) in [5, 5.41) is 1.88. The molecule has 5 aromatic rings. The first-order valence-corrected chi connectivity index (χ1v) is 13.1. The molecular formula is C31H27N5O3. The number of nitrogens with zero attached hydrogens (tertiary/aromatic N) is 3. The summed E-state index contributed by atoms with van der Waals surface area (Å²) in [6.07, 6.45) is 1.73. The van der Waals surface area contributed by atoms with E-state index in [2.05, 4.69) is 27.0 Å². The van der Waals surface area contributed by atoms with Crippen LogP contribution in [0.25, 0.3) is 32.9 Å². The number of carbonyl (C=O) groups is 2.